The number of carbonyl (C=O) groups is 1. The van der Waals surface area contributed by atoms with Crippen LogP contribution in [-0.4, -0.2) is 29.0 Å². The van der Waals surface area contributed by atoms with Gasteiger partial charge in [-0.3, -0.25) is 4.79 Å². The van der Waals surface area contributed by atoms with Crippen molar-refractivity contribution in [1.82, 2.24) is 10.3 Å². The lowest BCUT2D eigenvalue weighted by Gasteiger charge is -2.06. The Labute approximate surface area is 99.4 Å². The first-order valence-electron chi connectivity index (χ1n) is 4.84. The average molecular weight is 238 g/mol. The lowest BCUT2D eigenvalue weighted by Crippen LogP contribution is -2.26. The molecule has 0 aliphatic heterocycles. The molecule has 6 heteroatoms. The number of pyridine rings is 1. The number of carbonyl (C=O) groups excluding carboxylic acids is 1. The van der Waals surface area contributed by atoms with E-state index in [1.807, 2.05) is 0 Å². The number of anilines is 1. The second kappa shape index (κ2) is 6.02. The third-order valence-corrected chi connectivity index (χ3v) is 2.09. The normalized spacial score (nSPS) is 9.56. The van der Waals surface area contributed by atoms with Crippen LogP contribution < -0.4 is 16.4 Å². The van der Waals surface area contributed by atoms with Gasteiger partial charge in [0.15, 0.2) is 0 Å². The summed E-state index contributed by atoms with van der Waals surface area (Å²) in [5.74, 6) is 0.684. The number of hydrogen-bond donors (Lipinski definition) is 3. The van der Waals surface area contributed by atoms with E-state index in [9.17, 15) is 4.79 Å². The summed E-state index contributed by atoms with van der Waals surface area (Å²) in [6.07, 6.45) is 1.61. The van der Waals surface area contributed by atoms with Crippen LogP contribution in [0.1, 0.15) is 12.5 Å². The Hall–Kier alpha value is -1.69. The number of rotatable bonds is 5. The van der Waals surface area contributed by atoms with Gasteiger partial charge in [-0.15, -0.1) is 0 Å². The van der Waals surface area contributed by atoms with Crippen LogP contribution in [0.25, 0.3) is 0 Å². The molecule has 5 nitrogen and oxygen atoms in total. The third kappa shape index (κ3) is 4.22. The third-order valence-electron chi connectivity index (χ3n) is 1.85. The van der Waals surface area contributed by atoms with Gasteiger partial charge in [0.1, 0.15) is 10.8 Å². The standard InChI is InChI=1S/C10H14N4OS/c1-7(15)12-4-5-13-9-3-2-8(6-14-9)10(11)16/h2-3,6H,4-5H2,1H3,(H2,11,16)(H,12,15)(H,13,14). The Balaban J connectivity index is 2.38. The van der Waals surface area contributed by atoms with E-state index in [1.54, 1.807) is 18.3 Å². The molecule has 0 aliphatic rings. The summed E-state index contributed by atoms with van der Waals surface area (Å²) in [6, 6.07) is 3.60. The summed E-state index contributed by atoms with van der Waals surface area (Å²) < 4.78 is 0. The van der Waals surface area contributed by atoms with Crippen molar-refractivity contribution in [3.05, 3.63) is 23.9 Å². The molecular weight excluding hydrogens is 224 g/mol. The topological polar surface area (TPSA) is 80.0 Å². The smallest absolute Gasteiger partial charge is 0.216 e. The Morgan fingerprint density at radius 2 is 2.25 bits per heavy atom. The molecule has 0 saturated heterocycles. The Morgan fingerprint density at radius 1 is 1.50 bits per heavy atom. The van der Waals surface area contributed by atoms with Crippen LogP contribution in [0.15, 0.2) is 18.3 Å². The first-order chi connectivity index (χ1) is 7.59. The number of hydrogen-bond acceptors (Lipinski definition) is 4. The zero-order valence-corrected chi connectivity index (χ0v) is 9.80. The van der Waals surface area contributed by atoms with Crippen molar-refractivity contribution in [1.29, 1.82) is 0 Å². The molecule has 0 bridgehead atoms. The molecule has 0 aromatic carbocycles. The highest BCUT2D eigenvalue weighted by molar-refractivity contribution is 7.80. The van der Waals surface area contributed by atoms with Gasteiger partial charge in [-0.1, -0.05) is 12.2 Å². The molecule has 1 aromatic heterocycles. The highest BCUT2D eigenvalue weighted by atomic mass is 32.1. The highest BCUT2D eigenvalue weighted by Gasteiger charge is 1.97. The van der Waals surface area contributed by atoms with Gasteiger partial charge in [0, 0.05) is 31.8 Å². The lowest BCUT2D eigenvalue weighted by molar-refractivity contribution is -0.118. The molecule has 0 saturated carbocycles. The minimum absolute atomic E-state index is 0.0430. The van der Waals surface area contributed by atoms with Gasteiger partial charge in [0.25, 0.3) is 0 Å². The molecule has 1 heterocycles. The molecule has 1 rings (SSSR count). The summed E-state index contributed by atoms with van der Waals surface area (Å²) >= 11 is 4.81. The second-order valence-electron chi connectivity index (χ2n) is 3.21. The first kappa shape index (κ1) is 12.4. The molecular formula is C10H14N4OS. The summed E-state index contributed by atoms with van der Waals surface area (Å²) in [7, 11) is 0. The monoisotopic (exact) mass is 238 g/mol. The zero-order chi connectivity index (χ0) is 12.0. The van der Waals surface area contributed by atoms with Crippen LogP contribution in [0.4, 0.5) is 5.82 Å². The molecule has 0 atom stereocenters. The summed E-state index contributed by atoms with van der Waals surface area (Å²) in [4.78, 5) is 15.0. The minimum atomic E-state index is -0.0430. The van der Waals surface area contributed by atoms with Crippen molar-refractivity contribution in [2.75, 3.05) is 18.4 Å². The maximum atomic E-state index is 10.6. The van der Waals surface area contributed by atoms with Crippen LogP contribution in [0.3, 0.4) is 0 Å². The van der Waals surface area contributed by atoms with E-state index in [0.717, 1.165) is 11.4 Å². The largest absolute Gasteiger partial charge is 0.389 e. The first-order valence-corrected chi connectivity index (χ1v) is 5.24. The fraction of sp³-hybridized carbons (Fsp3) is 0.300. The van der Waals surface area contributed by atoms with Crippen molar-refractivity contribution < 1.29 is 4.79 Å². The van der Waals surface area contributed by atoms with Crippen LogP contribution >= 0.6 is 12.2 Å². The van der Waals surface area contributed by atoms with Gasteiger partial charge < -0.3 is 16.4 Å². The van der Waals surface area contributed by atoms with E-state index < -0.39 is 0 Å². The Kier molecular flexibility index (Phi) is 4.65. The van der Waals surface area contributed by atoms with E-state index >= 15 is 0 Å². The SMILES string of the molecule is CC(=O)NCCNc1ccc(C(N)=S)cn1. The predicted octanol–water partition coefficient (Wildman–Crippen LogP) is 0.264. The molecule has 0 unspecified atom stereocenters. The van der Waals surface area contributed by atoms with Crippen molar-refractivity contribution in [3.8, 4) is 0 Å². The molecule has 0 fully saturated rings. The van der Waals surface area contributed by atoms with Gasteiger partial charge in [-0.2, -0.15) is 0 Å². The number of aromatic nitrogens is 1. The molecule has 16 heavy (non-hydrogen) atoms. The molecule has 0 radical (unpaired) electrons. The average Bonchev–Trinajstić information content (AvgIpc) is 2.25. The molecule has 4 N–H and O–H groups in total. The Bertz CT molecular complexity index is 377. The molecule has 86 valence electrons. The van der Waals surface area contributed by atoms with E-state index in [2.05, 4.69) is 15.6 Å². The fourth-order valence-electron chi connectivity index (χ4n) is 1.07. The summed E-state index contributed by atoms with van der Waals surface area (Å²) in [6.45, 7) is 2.67. The van der Waals surface area contributed by atoms with Gasteiger partial charge in [-0.05, 0) is 12.1 Å². The molecule has 1 aromatic rings. The van der Waals surface area contributed by atoms with Crippen LogP contribution in [-0.2, 0) is 4.79 Å². The predicted molar refractivity (Wildman–Crippen MR) is 67.3 cm³/mol. The maximum Gasteiger partial charge on any atom is 0.216 e. The summed E-state index contributed by atoms with van der Waals surface area (Å²) in [5, 5.41) is 5.73. The van der Waals surface area contributed by atoms with E-state index in [-0.39, 0.29) is 5.91 Å². The molecule has 1 amide bonds. The quantitative estimate of drug-likeness (QED) is 0.506. The van der Waals surface area contributed by atoms with Crippen molar-refractivity contribution >= 4 is 28.9 Å². The van der Waals surface area contributed by atoms with Crippen LogP contribution in [0.5, 0.6) is 0 Å². The van der Waals surface area contributed by atoms with E-state index in [0.29, 0.717) is 18.1 Å². The molecule has 0 spiro atoms. The number of nitrogens with zero attached hydrogens (tertiary/aromatic N) is 1. The van der Waals surface area contributed by atoms with Gasteiger partial charge in [0.2, 0.25) is 5.91 Å². The maximum absolute atomic E-state index is 10.6. The van der Waals surface area contributed by atoms with Crippen LogP contribution in [0, 0.1) is 0 Å². The van der Waals surface area contributed by atoms with Gasteiger partial charge >= 0.3 is 0 Å². The van der Waals surface area contributed by atoms with Gasteiger partial charge in [0.05, 0.1) is 0 Å². The lowest BCUT2D eigenvalue weighted by atomic mass is 10.3. The van der Waals surface area contributed by atoms with Crippen molar-refractivity contribution in [2.24, 2.45) is 5.73 Å². The van der Waals surface area contributed by atoms with Crippen LogP contribution in [0.2, 0.25) is 0 Å². The highest BCUT2D eigenvalue weighted by Crippen LogP contribution is 2.04. The fourth-order valence-corrected chi connectivity index (χ4v) is 1.19. The van der Waals surface area contributed by atoms with E-state index in [1.165, 1.54) is 6.92 Å². The molecule has 0 aliphatic carbocycles. The number of nitrogens with two attached hydrogens (primary N) is 1. The van der Waals surface area contributed by atoms with Crippen molar-refractivity contribution in [2.45, 2.75) is 6.92 Å². The zero-order valence-electron chi connectivity index (χ0n) is 8.99. The summed E-state index contributed by atoms with van der Waals surface area (Å²) in [5.41, 5.74) is 6.18. The van der Waals surface area contributed by atoms with E-state index in [4.69, 9.17) is 18.0 Å². The van der Waals surface area contributed by atoms with Gasteiger partial charge in [-0.25, -0.2) is 4.98 Å². The number of amides is 1. The number of thiocarbonyl (C=S) groups is 1. The second-order valence-corrected chi connectivity index (χ2v) is 3.65. The number of nitrogens with one attached hydrogen (secondary N) is 2. The minimum Gasteiger partial charge on any atom is -0.389 e. The Morgan fingerprint density at radius 3 is 2.75 bits per heavy atom. The van der Waals surface area contributed by atoms with Crippen molar-refractivity contribution in [3.63, 3.8) is 0 Å².